The summed E-state index contributed by atoms with van der Waals surface area (Å²) >= 11 is 1.86. The highest BCUT2D eigenvalue weighted by Crippen LogP contribution is 2.50. The molecule has 0 N–H and O–H groups in total. The molecule has 0 spiro atoms. The minimum absolute atomic E-state index is 0.0628. The highest BCUT2D eigenvalue weighted by molar-refractivity contribution is 7.25. The van der Waals surface area contributed by atoms with Gasteiger partial charge in [-0.1, -0.05) is 147 Å². The lowest BCUT2D eigenvalue weighted by atomic mass is 9.82. The maximum absolute atomic E-state index is 5.34. The van der Waals surface area contributed by atoms with E-state index in [4.69, 9.17) is 9.97 Å². The molecule has 10 aromatic rings. The molecule has 0 amide bonds. The summed E-state index contributed by atoms with van der Waals surface area (Å²) in [5.41, 5.74) is 14.9. The van der Waals surface area contributed by atoms with Crippen molar-refractivity contribution < 1.29 is 0 Å². The number of hydrogen-bond donors (Lipinski definition) is 0. The summed E-state index contributed by atoms with van der Waals surface area (Å²) in [6.07, 6.45) is 0. The zero-order valence-corrected chi connectivity index (χ0v) is 31.9. The number of nitrogens with zero attached hydrogens (tertiary/aromatic N) is 2. The monoisotopic (exact) mass is 732 g/mol. The topological polar surface area (TPSA) is 25.8 Å². The Labute approximate surface area is 330 Å². The fraction of sp³-hybridized carbons (Fsp3) is 0.0566. The Morgan fingerprint density at radius 1 is 0.393 bits per heavy atom. The lowest BCUT2D eigenvalue weighted by Gasteiger charge is -2.21. The number of thiophene rings is 1. The van der Waals surface area contributed by atoms with E-state index in [1.54, 1.807) is 0 Å². The smallest absolute Gasteiger partial charge is 0.160 e. The molecule has 0 saturated carbocycles. The standard InChI is InChI=1S/C53H36N2S/c1-53(2)45-20-10-8-17-42(45)44-31-37(25-26-46(44)53)47-32-48(55-52(54-47)34-14-4-3-5-15-34)40-29-38(36-24-23-33-13-6-7-16-35(33)27-36)28-39(30-40)41-19-12-22-50-51(41)43-18-9-11-21-49(43)56-50/h3-32H,1-2H3. The van der Waals surface area contributed by atoms with Crippen molar-refractivity contribution in [1.29, 1.82) is 0 Å². The van der Waals surface area contributed by atoms with Gasteiger partial charge in [0.05, 0.1) is 11.4 Å². The molecule has 0 atom stereocenters. The van der Waals surface area contributed by atoms with Crippen LogP contribution in [0.15, 0.2) is 182 Å². The molecule has 2 nitrogen and oxygen atoms in total. The summed E-state index contributed by atoms with van der Waals surface area (Å²) in [6, 6.07) is 66.1. The summed E-state index contributed by atoms with van der Waals surface area (Å²) < 4.78 is 2.59. The van der Waals surface area contributed by atoms with Crippen LogP contribution < -0.4 is 0 Å². The molecule has 1 aliphatic rings. The van der Waals surface area contributed by atoms with E-state index < -0.39 is 0 Å². The van der Waals surface area contributed by atoms with Gasteiger partial charge in [0.2, 0.25) is 0 Å². The van der Waals surface area contributed by atoms with Gasteiger partial charge in [0, 0.05) is 42.3 Å². The predicted octanol–water partition coefficient (Wildman–Crippen LogP) is 14.6. The molecule has 11 rings (SSSR count). The van der Waals surface area contributed by atoms with Crippen molar-refractivity contribution in [2.45, 2.75) is 19.3 Å². The van der Waals surface area contributed by atoms with Gasteiger partial charge in [-0.3, -0.25) is 0 Å². The Morgan fingerprint density at radius 3 is 1.95 bits per heavy atom. The van der Waals surface area contributed by atoms with Gasteiger partial charge in [0.1, 0.15) is 0 Å². The summed E-state index contributed by atoms with van der Waals surface area (Å²) in [6.45, 7) is 4.65. The van der Waals surface area contributed by atoms with E-state index in [1.807, 2.05) is 17.4 Å². The summed E-state index contributed by atoms with van der Waals surface area (Å²) in [7, 11) is 0. The van der Waals surface area contributed by atoms with Crippen LogP contribution in [0.4, 0.5) is 0 Å². The van der Waals surface area contributed by atoms with Gasteiger partial charge < -0.3 is 0 Å². The molecule has 0 saturated heterocycles. The molecule has 1 aliphatic carbocycles. The average Bonchev–Trinajstić information content (AvgIpc) is 3.75. The summed E-state index contributed by atoms with van der Waals surface area (Å²) in [4.78, 5) is 10.6. The summed E-state index contributed by atoms with van der Waals surface area (Å²) in [5.74, 6) is 0.711. The van der Waals surface area contributed by atoms with Crippen molar-refractivity contribution in [2.75, 3.05) is 0 Å². The number of benzene rings is 8. The number of fused-ring (bicyclic) bond motifs is 7. The van der Waals surface area contributed by atoms with Gasteiger partial charge in [0.25, 0.3) is 0 Å². The Hall–Kier alpha value is -6.68. The van der Waals surface area contributed by atoms with E-state index in [0.29, 0.717) is 5.82 Å². The zero-order chi connectivity index (χ0) is 37.4. The van der Waals surface area contributed by atoms with Crippen molar-refractivity contribution in [3.05, 3.63) is 193 Å². The van der Waals surface area contributed by atoms with E-state index in [9.17, 15) is 0 Å². The van der Waals surface area contributed by atoms with E-state index in [2.05, 4.69) is 190 Å². The SMILES string of the molecule is CC1(C)c2ccccc2-c2cc(-c3cc(-c4cc(-c5ccc6ccccc6c5)cc(-c5cccc6sc7ccccc7c56)c4)nc(-c4ccccc4)n3)ccc21. The van der Waals surface area contributed by atoms with Crippen LogP contribution in [-0.4, -0.2) is 9.97 Å². The third-order valence-electron chi connectivity index (χ3n) is 11.7. The average molecular weight is 733 g/mol. The minimum atomic E-state index is -0.0628. The van der Waals surface area contributed by atoms with Crippen LogP contribution in [0.25, 0.3) is 98.2 Å². The molecule has 2 aromatic heterocycles. The van der Waals surface area contributed by atoms with Gasteiger partial charge in [-0.05, 0) is 104 Å². The first-order valence-electron chi connectivity index (χ1n) is 19.2. The van der Waals surface area contributed by atoms with Gasteiger partial charge >= 0.3 is 0 Å². The van der Waals surface area contributed by atoms with Gasteiger partial charge in [0.15, 0.2) is 5.82 Å². The van der Waals surface area contributed by atoms with Gasteiger partial charge in [-0.15, -0.1) is 11.3 Å². The van der Waals surface area contributed by atoms with Crippen LogP contribution in [0.3, 0.4) is 0 Å². The lowest BCUT2D eigenvalue weighted by Crippen LogP contribution is -2.14. The molecule has 0 aliphatic heterocycles. The van der Waals surface area contributed by atoms with E-state index in [-0.39, 0.29) is 5.41 Å². The highest BCUT2D eigenvalue weighted by atomic mass is 32.1. The minimum Gasteiger partial charge on any atom is -0.228 e. The second-order valence-electron chi connectivity index (χ2n) is 15.4. The summed E-state index contributed by atoms with van der Waals surface area (Å²) in [5, 5.41) is 5.04. The maximum atomic E-state index is 5.34. The first kappa shape index (κ1) is 32.7. The van der Waals surface area contributed by atoms with E-state index in [0.717, 1.165) is 39.2 Å². The third kappa shape index (κ3) is 5.31. The van der Waals surface area contributed by atoms with Crippen molar-refractivity contribution >= 4 is 42.3 Å². The number of hydrogen-bond acceptors (Lipinski definition) is 3. The number of aromatic nitrogens is 2. The molecule has 0 fully saturated rings. The van der Waals surface area contributed by atoms with Gasteiger partial charge in [-0.25, -0.2) is 9.97 Å². The fourth-order valence-corrected chi connectivity index (χ4v) is 9.95. The van der Waals surface area contributed by atoms with Crippen molar-refractivity contribution in [3.8, 4) is 67.3 Å². The largest absolute Gasteiger partial charge is 0.228 e. The van der Waals surface area contributed by atoms with Crippen LogP contribution in [-0.2, 0) is 5.41 Å². The molecule has 2 heterocycles. The molecule has 3 heteroatoms. The fourth-order valence-electron chi connectivity index (χ4n) is 8.82. The van der Waals surface area contributed by atoms with Crippen molar-refractivity contribution in [3.63, 3.8) is 0 Å². The van der Waals surface area contributed by atoms with E-state index >= 15 is 0 Å². The normalized spacial score (nSPS) is 13.0. The maximum Gasteiger partial charge on any atom is 0.160 e. The van der Waals surface area contributed by atoms with Crippen LogP contribution >= 0.6 is 11.3 Å². The van der Waals surface area contributed by atoms with Crippen LogP contribution in [0, 0.1) is 0 Å². The molecule has 8 aromatic carbocycles. The quantitative estimate of drug-likeness (QED) is 0.176. The molecular weight excluding hydrogens is 697 g/mol. The molecule has 0 bridgehead atoms. The first-order valence-corrected chi connectivity index (χ1v) is 20.0. The molecular formula is C53H36N2S. The molecule has 56 heavy (non-hydrogen) atoms. The molecule has 0 radical (unpaired) electrons. The third-order valence-corrected chi connectivity index (χ3v) is 12.8. The van der Waals surface area contributed by atoms with Crippen LogP contribution in [0.2, 0.25) is 0 Å². The van der Waals surface area contributed by atoms with E-state index in [1.165, 1.54) is 64.3 Å². The van der Waals surface area contributed by atoms with Crippen molar-refractivity contribution in [2.24, 2.45) is 0 Å². The molecule has 0 unspecified atom stereocenters. The predicted molar refractivity (Wildman–Crippen MR) is 237 cm³/mol. The second kappa shape index (κ2) is 12.7. The molecule has 264 valence electrons. The van der Waals surface area contributed by atoms with Crippen LogP contribution in [0.1, 0.15) is 25.0 Å². The second-order valence-corrected chi connectivity index (χ2v) is 16.5. The van der Waals surface area contributed by atoms with Crippen LogP contribution in [0.5, 0.6) is 0 Å². The Balaban J connectivity index is 1.15. The highest BCUT2D eigenvalue weighted by Gasteiger charge is 2.35. The Bertz CT molecular complexity index is 3170. The zero-order valence-electron chi connectivity index (χ0n) is 31.1. The first-order chi connectivity index (χ1) is 27.5. The van der Waals surface area contributed by atoms with Gasteiger partial charge in [-0.2, -0.15) is 0 Å². The Kier molecular flexibility index (Phi) is 7.42. The number of rotatable bonds is 5. The Morgan fingerprint density at radius 2 is 1.05 bits per heavy atom. The van der Waals surface area contributed by atoms with Crippen molar-refractivity contribution in [1.82, 2.24) is 9.97 Å². The lowest BCUT2D eigenvalue weighted by molar-refractivity contribution is 0.660.